The van der Waals surface area contributed by atoms with E-state index in [1.807, 2.05) is 6.92 Å². The zero-order valence-electron chi connectivity index (χ0n) is 16.9. The van der Waals surface area contributed by atoms with Crippen LogP contribution in [0.3, 0.4) is 0 Å². The van der Waals surface area contributed by atoms with Gasteiger partial charge in [-0.3, -0.25) is 0 Å². The Kier molecular flexibility index (Phi) is 14.4. The van der Waals surface area contributed by atoms with Crippen LogP contribution in [0.25, 0.3) is 0 Å². The quantitative estimate of drug-likeness (QED) is 0.240. The lowest BCUT2D eigenvalue weighted by Gasteiger charge is -2.15. The van der Waals surface area contributed by atoms with Gasteiger partial charge >= 0.3 is 0 Å². The van der Waals surface area contributed by atoms with Crippen molar-refractivity contribution in [2.45, 2.75) is 106 Å². The van der Waals surface area contributed by atoms with E-state index in [4.69, 9.17) is 0 Å². The molecule has 0 amide bonds. The lowest BCUT2D eigenvalue weighted by atomic mass is 9.91. The molecule has 0 saturated carbocycles. The Balaban J connectivity index is 3.60. The zero-order chi connectivity index (χ0) is 17.5. The third kappa shape index (κ3) is 16.0. The van der Waals surface area contributed by atoms with E-state index < -0.39 is 0 Å². The summed E-state index contributed by atoms with van der Waals surface area (Å²) in [5, 5.41) is 0. The van der Waals surface area contributed by atoms with Crippen LogP contribution >= 0.6 is 0 Å². The Morgan fingerprint density at radius 1 is 0.826 bits per heavy atom. The van der Waals surface area contributed by atoms with Crippen LogP contribution in [0.5, 0.6) is 0 Å². The van der Waals surface area contributed by atoms with Crippen molar-refractivity contribution >= 4 is 0 Å². The predicted molar refractivity (Wildman–Crippen MR) is 107 cm³/mol. The second kappa shape index (κ2) is 14.9. The Bertz CT molecular complexity index is 350. The average Bonchev–Trinajstić information content (AvgIpc) is 2.47. The molecule has 0 radical (unpaired) electrons. The fraction of sp³-hybridized carbons (Fsp3) is 0.826. The predicted octanol–water partition coefficient (Wildman–Crippen LogP) is 7.79. The highest BCUT2D eigenvalue weighted by atomic mass is 14.1. The summed E-state index contributed by atoms with van der Waals surface area (Å²) in [4.78, 5) is 0. The maximum absolute atomic E-state index is 3.11. The third-order valence-electron chi connectivity index (χ3n) is 4.87. The summed E-state index contributed by atoms with van der Waals surface area (Å²) in [6.45, 7) is 13.7. The summed E-state index contributed by atoms with van der Waals surface area (Å²) < 4.78 is 0. The molecule has 0 aromatic carbocycles. The molecule has 0 fully saturated rings. The van der Waals surface area contributed by atoms with E-state index in [0.29, 0.717) is 0 Å². The first-order valence-electron chi connectivity index (χ1n) is 10.0. The van der Waals surface area contributed by atoms with Crippen molar-refractivity contribution in [3.63, 3.8) is 0 Å². The van der Waals surface area contributed by atoms with Crippen molar-refractivity contribution in [1.82, 2.24) is 0 Å². The lowest BCUT2D eigenvalue weighted by Crippen LogP contribution is -2.00. The van der Waals surface area contributed by atoms with Gasteiger partial charge in [0.2, 0.25) is 0 Å². The van der Waals surface area contributed by atoms with Crippen LogP contribution in [0.15, 0.2) is 11.6 Å². The largest absolute Gasteiger partial charge is 0.106 e. The Hall–Kier alpha value is -0.700. The van der Waals surface area contributed by atoms with Crippen molar-refractivity contribution in [2.24, 2.45) is 17.8 Å². The van der Waals surface area contributed by atoms with Gasteiger partial charge in [-0.15, -0.1) is 5.92 Å². The maximum atomic E-state index is 3.11. The fourth-order valence-corrected chi connectivity index (χ4v) is 3.14. The molecule has 0 nitrogen and oxygen atoms in total. The number of hydrogen-bond acceptors (Lipinski definition) is 0. The van der Waals surface area contributed by atoms with E-state index in [1.54, 1.807) is 0 Å². The molecule has 0 aliphatic rings. The van der Waals surface area contributed by atoms with Crippen LogP contribution in [-0.4, -0.2) is 0 Å². The van der Waals surface area contributed by atoms with Crippen LogP contribution < -0.4 is 0 Å². The summed E-state index contributed by atoms with van der Waals surface area (Å²) in [6.07, 6.45) is 15.7. The van der Waals surface area contributed by atoms with Crippen molar-refractivity contribution in [3.8, 4) is 11.8 Å². The topological polar surface area (TPSA) is 0 Å². The van der Waals surface area contributed by atoms with Gasteiger partial charge in [-0.25, -0.2) is 0 Å². The summed E-state index contributed by atoms with van der Waals surface area (Å²) in [6, 6.07) is 0. The smallest absolute Gasteiger partial charge is 0.0272 e. The van der Waals surface area contributed by atoms with Gasteiger partial charge in [0, 0.05) is 6.42 Å². The summed E-state index contributed by atoms with van der Waals surface area (Å²) in [7, 11) is 0. The van der Waals surface area contributed by atoms with E-state index in [9.17, 15) is 0 Å². The van der Waals surface area contributed by atoms with Gasteiger partial charge in [0.1, 0.15) is 0 Å². The summed E-state index contributed by atoms with van der Waals surface area (Å²) in [5.41, 5.74) is 1.51. The minimum Gasteiger partial charge on any atom is -0.106 e. The van der Waals surface area contributed by atoms with Crippen molar-refractivity contribution in [2.75, 3.05) is 0 Å². The molecule has 2 unspecified atom stereocenters. The van der Waals surface area contributed by atoms with Gasteiger partial charge in [0.25, 0.3) is 0 Å². The monoisotopic (exact) mass is 318 g/mol. The highest BCUT2D eigenvalue weighted by Crippen LogP contribution is 2.22. The molecule has 0 aromatic heterocycles. The van der Waals surface area contributed by atoms with E-state index in [2.05, 4.69) is 52.5 Å². The first kappa shape index (κ1) is 22.3. The molecule has 0 bridgehead atoms. The average molecular weight is 319 g/mol. The molecule has 23 heavy (non-hydrogen) atoms. The molecule has 0 rings (SSSR count). The van der Waals surface area contributed by atoms with E-state index in [-0.39, 0.29) is 0 Å². The number of rotatable bonds is 13. The van der Waals surface area contributed by atoms with Crippen molar-refractivity contribution < 1.29 is 0 Å². The van der Waals surface area contributed by atoms with E-state index in [1.165, 1.54) is 63.4 Å². The van der Waals surface area contributed by atoms with Crippen LogP contribution in [-0.2, 0) is 0 Å². The molecule has 0 aromatic rings. The third-order valence-corrected chi connectivity index (χ3v) is 4.87. The highest BCUT2D eigenvalue weighted by Gasteiger charge is 2.06. The van der Waals surface area contributed by atoms with E-state index >= 15 is 0 Å². The molecule has 0 heteroatoms. The molecule has 0 spiro atoms. The summed E-state index contributed by atoms with van der Waals surface area (Å²) in [5.74, 6) is 8.75. The molecule has 134 valence electrons. The van der Waals surface area contributed by atoms with Gasteiger partial charge < -0.3 is 0 Å². The van der Waals surface area contributed by atoms with Gasteiger partial charge in [0.15, 0.2) is 0 Å². The van der Waals surface area contributed by atoms with Crippen molar-refractivity contribution in [1.29, 1.82) is 0 Å². The molecule has 0 aliphatic heterocycles. The van der Waals surface area contributed by atoms with Crippen LogP contribution in [0, 0.1) is 29.6 Å². The molecular weight excluding hydrogens is 276 g/mol. The normalized spacial score (nSPS) is 14.5. The standard InChI is InChI=1S/C23H42/c1-7-8-9-14-21(4)16-11-18-23(6)19-12-17-22(5)15-10-13-20(2)3/h14,20,22-23H,9-13,15-19H2,1-6H3. The van der Waals surface area contributed by atoms with E-state index in [0.717, 1.165) is 24.2 Å². The van der Waals surface area contributed by atoms with Crippen LogP contribution in [0.1, 0.15) is 106 Å². The highest BCUT2D eigenvalue weighted by molar-refractivity contribution is 5.07. The molecule has 2 atom stereocenters. The van der Waals surface area contributed by atoms with Crippen LogP contribution in [0.2, 0.25) is 0 Å². The fourth-order valence-electron chi connectivity index (χ4n) is 3.14. The second-order valence-corrected chi connectivity index (χ2v) is 8.04. The molecule has 0 N–H and O–H groups in total. The van der Waals surface area contributed by atoms with Gasteiger partial charge in [-0.1, -0.05) is 90.2 Å². The maximum Gasteiger partial charge on any atom is 0.0272 e. The summed E-state index contributed by atoms with van der Waals surface area (Å²) >= 11 is 0. The molecule has 0 aliphatic carbocycles. The van der Waals surface area contributed by atoms with Gasteiger partial charge in [-0.05, 0) is 44.4 Å². The Morgan fingerprint density at radius 3 is 1.87 bits per heavy atom. The minimum absolute atomic E-state index is 0.869. The first-order valence-corrected chi connectivity index (χ1v) is 10.0. The first-order chi connectivity index (χ1) is 11.0. The molecule has 0 saturated heterocycles. The minimum atomic E-state index is 0.869. The second-order valence-electron chi connectivity index (χ2n) is 8.04. The van der Waals surface area contributed by atoms with Crippen LogP contribution in [0.4, 0.5) is 0 Å². The molecular formula is C23H42. The number of hydrogen-bond donors (Lipinski definition) is 0. The lowest BCUT2D eigenvalue weighted by molar-refractivity contribution is 0.389. The van der Waals surface area contributed by atoms with Gasteiger partial charge in [-0.2, -0.15) is 0 Å². The SMILES string of the molecule is CC#CCC=C(C)CCCC(C)CCCC(C)CCCC(C)C. The Morgan fingerprint density at radius 2 is 1.35 bits per heavy atom. The molecule has 0 heterocycles. The Labute approximate surface area is 147 Å². The zero-order valence-corrected chi connectivity index (χ0v) is 16.9. The number of allylic oxidation sites excluding steroid dienone is 2. The van der Waals surface area contributed by atoms with Gasteiger partial charge in [0.05, 0.1) is 0 Å². The van der Waals surface area contributed by atoms with Crippen molar-refractivity contribution in [3.05, 3.63) is 11.6 Å².